The molecule has 0 radical (unpaired) electrons. The zero-order valence-corrected chi connectivity index (χ0v) is 14.4. The van der Waals surface area contributed by atoms with Crippen LogP contribution in [0.3, 0.4) is 0 Å². The highest BCUT2D eigenvalue weighted by atomic mass is 35.5. The molecule has 0 aliphatic heterocycles. The molecule has 0 bridgehead atoms. The summed E-state index contributed by atoms with van der Waals surface area (Å²) in [6.45, 7) is 0.347. The molecule has 0 saturated heterocycles. The molecule has 1 rings (SSSR count). The van der Waals surface area contributed by atoms with Crippen molar-refractivity contribution in [2.24, 2.45) is 5.73 Å². The zero-order chi connectivity index (χ0) is 17.7. The summed E-state index contributed by atoms with van der Waals surface area (Å²) in [5.74, 6) is -1.00. The summed E-state index contributed by atoms with van der Waals surface area (Å²) >= 11 is 0. The highest BCUT2D eigenvalue weighted by molar-refractivity contribution is 7.89. The second-order valence-corrected chi connectivity index (χ2v) is 6.76. The lowest BCUT2D eigenvalue weighted by molar-refractivity contribution is -0.123. The maximum absolute atomic E-state index is 12.1. The summed E-state index contributed by atoms with van der Waals surface area (Å²) in [7, 11) is -3.86. The van der Waals surface area contributed by atoms with E-state index in [9.17, 15) is 26.4 Å². The van der Waals surface area contributed by atoms with Crippen LogP contribution in [0.25, 0.3) is 0 Å². The third-order valence-electron chi connectivity index (χ3n) is 2.75. The number of sulfonamides is 1. The Labute approximate surface area is 144 Å². The molecule has 1 atom stereocenters. The number of benzene rings is 1. The first-order valence-corrected chi connectivity index (χ1v) is 8.20. The fourth-order valence-corrected chi connectivity index (χ4v) is 2.68. The predicted octanol–water partition coefficient (Wildman–Crippen LogP) is 1.42. The van der Waals surface area contributed by atoms with Crippen LogP contribution in [0.5, 0.6) is 0 Å². The van der Waals surface area contributed by atoms with Crippen molar-refractivity contribution in [1.82, 2.24) is 10.0 Å². The summed E-state index contributed by atoms with van der Waals surface area (Å²) < 4.78 is 62.6. The zero-order valence-electron chi connectivity index (χ0n) is 12.8. The molecule has 1 aromatic rings. The Hall–Kier alpha value is -1.36. The number of carbonyl (C=O) groups excluding carboxylic acids is 1. The lowest BCUT2D eigenvalue weighted by atomic mass is 10.2. The molecule has 11 heteroatoms. The van der Waals surface area contributed by atoms with Gasteiger partial charge in [-0.1, -0.05) is 6.07 Å². The van der Waals surface area contributed by atoms with Crippen molar-refractivity contribution in [3.63, 3.8) is 0 Å². The Morgan fingerprint density at radius 3 is 2.50 bits per heavy atom. The molecule has 0 heterocycles. The van der Waals surface area contributed by atoms with Gasteiger partial charge in [-0.25, -0.2) is 13.1 Å². The normalized spacial score (nSPS) is 13.0. The highest BCUT2D eigenvalue weighted by Gasteiger charge is 2.28. The lowest BCUT2D eigenvalue weighted by Crippen LogP contribution is -2.34. The third kappa shape index (κ3) is 7.95. The minimum Gasteiger partial charge on any atom is -0.343 e. The van der Waals surface area contributed by atoms with Gasteiger partial charge in [0.1, 0.15) is 6.54 Å². The number of hydrogen-bond acceptors (Lipinski definition) is 4. The molecule has 1 amide bonds. The van der Waals surface area contributed by atoms with E-state index in [1.54, 1.807) is 12.2 Å². The molecule has 138 valence electrons. The molecular weight excluding hydrogens is 371 g/mol. The van der Waals surface area contributed by atoms with Crippen LogP contribution >= 0.6 is 12.4 Å². The second kappa shape index (κ2) is 9.21. The van der Waals surface area contributed by atoms with E-state index in [1.165, 1.54) is 18.2 Å². The van der Waals surface area contributed by atoms with Crippen LogP contribution in [0.1, 0.15) is 23.7 Å². The van der Waals surface area contributed by atoms with Crippen molar-refractivity contribution in [2.75, 3.05) is 13.1 Å². The van der Waals surface area contributed by atoms with Gasteiger partial charge in [-0.3, -0.25) is 4.79 Å². The average Bonchev–Trinajstić information content (AvgIpc) is 2.43. The summed E-state index contributed by atoms with van der Waals surface area (Å²) in [5.41, 5.74) is 5.34. The number of alkyl halides is 3. The van der Waals surface area contributed by atoms with Crippen LogP contribution < -0.4 is 15.8 Å². The van der Waals surface area contributed by atoms with Crippen LogP contribution in [-0.4, -0.2) is 39.6 Å². The first kappa shape index (κ1) is 22.6. The molecule has 1 unspecified atom stereocenters. The van der Waals surface area contributed by atoms with E-state index in [0.717, 1.165) is 6.07 Å². The summed E-state index contributed by atoms with van der Waals surface area (Å²) in [6, 6.07) is 4.58. The topological polar surface area (TPSA) is 101 Å². The number of rotatable bonds is 7. The molecule has 6 nitrogen and oxygen atoms in total. The van der Waals surface area contributed by atoms with Crippen molar-refractivity contribution in [3.05, 3.63) is 29.8 Å². The van der Waals surface area contributed by atoms with Gasteiger partial charge in [-0.05, 0) is 31.5 Å². The Balaban J connectivity index is 0.00000529. The minimum atomic E-state index is -4.54. The molecule has 0 saturated carbocycles. The molecule has 0 spiro atoms. The largest absolute Gasteiger partial charge is 0.405 e. The van der Waals surface area contributed by atoms with E-state index in [0.29, 0.717) is 6.42 Å². The summed E-state index contributed by atoms with van der Waals surface area (Å²) in [4.78, 5) is 11.4. The fraction of sp³-hybridized carbons (Fsp3) is 0.462. The Morgan fingerprint density at radius 1 is 1.33 bits per heavy atom. The Kier molecular flexibility index (Phi) is 8.69. The molecule has 4 N–H and O–H groups in total. The maximum Gasteiger partial charge on any atom is 0.405 e. The Morgan fingerprint density at radius 2 is 1.96 bits per heavy atom. The van der Waals surface area contributed by atoms with Gasteiger partial charge in [0, 0.05) is 18.2 Å². The van der Waals surface area contributed by atoms with Gasteiger partial charge in [0.2, 0.25) is 10.0 Å². The van der Waals surface area contributed by atoms with Gasteiger partial charge in [0.15, 0.2) is 0 Å². The lowest BCUT2D eigenvalue weighted by Gasteiger charge is -2.11. The number of nitrogens with one attached hydrogen (secondary N) is 2. The maximum atomic E-state index is 12.1. The fourth-order valence-electron chi connectivity index (χ4n) is 1.59. The van der Waals surface area contributed by atoms with Crippen molar-refractivity contribution in [1.29, 1.82) is 0 Å². The summed E-state index contributed by atoms with van der Waals surface area (Å²) in [5, 5.41) is 1.68. The van der Waals surface area contributed by atoms with E-state index in [1.807, 2.05) is 0 Å². The quantitative estimate of drug-likeness (QED) is 0.656. The number of hydrogen-bond donors (Lipinski definition) is 3. The molecule has 0 aromatic heterocycles. The number of halogens is 4. The van der Waals surface area contributed by atoms with E-state index in [2.05, 4.69) is 4.72 Å². The predicted molar refractivity (Wildman–Crippen MR) is 85.5 cm³/mol. The van der Waals surface area contributed by atoms with Crippen LogP contribution in [-0.2, 0) is 10.0 Å². The van der Waals surface area contributed by atoms with E-state index < -0.39 is 28.7 Å². The van der Waals surface area contributed by atoms with Gasteiger partial charge in [-0.15, -0.1) is 12.4 Å². The van der Waals surface area contributed by atoms with Crippen molar-refractivity contribution in [3.8, 4) is 0 Å². The molecule has 0 aliphatic carbocycles. The first-order valence-electron chi connectivity index (χ1n) is 6.71. The van der Waals surface area contributed by atoms with Crippen LogP contribution in [0, 0.1) is 0 Å². The SMILES string of the molecule is CC(N)CCNS(=O)(=O)c1cccc(C(=O)NCC(F)(F)F)c1.Cl. The minimum absolute atomic E-state index is 0. The van der Waals surface area contributed by atoms with Gasteiger partial charge < -0.3 is 11.1 Å². The average molecular weight is 390 g/mol. The molecular formula is C13H19ClF3N3O3S. The smallest absolute Gasteiger partial charge is 0.343 e. The van der Waals surface area contributed by atoms with Gasteiger partial charge in [0.25, 0.3) is 5.91 Å². The van der Waals surface area contributed by atoms with Crippen molar-refractivity contribution < 1.29 is 26.4 Å². The number of amides is 1. The van der Waals surface area contributed by atoms with E-state index in [-0.39, 0.29) is 35.5 Å². The van der Waals surface area contributed by atoms with E-state index in [4.69, 9.17) is 5.73 Å². The molecule has 0 fully saturated rings. The standard InChI is InChI=1S/C13H18F3N3O3S.ClH/c1-9(17)5-6-19-23(21,22)11-4-2-3-10(7-11)12(20)18-8-13(14,15)16;/h2-4,7,9,19H,5-6,8,17H2,1H3,(H,18,20);1H. The number of nitrogens with two attached hydrogens (primary N) is 1. The molecule has 24 heavy (non-hydrogen) atoms. The van der Waals surface area contributed by atoms with Gasteiger partial charge in [0.05, 0.1) is 4.90 Å². The van der Waals surface area contributed by atoms with Gasteiger partial charge in [-0.2, -0.15) is 13.2 Å². The van der Waals surface area contributed by atoms with Gasteiger partial charge >= 0.3 is 6.18 Å². The molecule has 0 aliphatic rings. The third-order valence-corrected chi connectivity index (χ3v) is 4.21. The van der Waals surface area contributed by atoms with Crippen LogP contribution in [0.4, 0.5) is 13.2 Å². The molecule has 1 aromatic carbocycles. The highest BCUT2D eigenvalue weighted by Crippen LogP contribution is 2.14. The van der Waals surface area contributed by atoms with E-state index >= 15 is 0 Å². The van der Waals surface area contributed by atoms with Crippen molar-refractivity contribution in [2.45, 2.75) is 30.5 Å². The van der Waals surface area contributed by atoms with Crippen molar-refractivity contribution >= 4 is 28.3 Å². The number of carbonyl (C=O) groups is 1. The Bertz CT molecular complexity index is 651. The first-order chi connectivity index (χ1) is 10.5. The second-order valence-electron chi connectivity index (χ2n) is 4.99. The monoisotopic (exact) mass is 389 g/mol. The van der Waals surface area contributed by atoms with Crippen LogP contribution in [0.2, 0.25) is 0 Å². The summed E-state index contributed by atoms with van der Waals surface area (Å²) in [6.07, 6.45) is -4.12. The van der Waals surface area contributed by atoms with Crippen LogP contribution in [0.15, 0.2) is 29.2 Å².